The molecule has 0 saturated carbocycles. The van der Waals surface area contributed by atoms with Crippen molar-refractivity contribution in [1.29, 1.82) is 0 Å². The van der Waals surface area contributed by atoms with E-state index >= 15 is 0 Å². The lowest BCUT2D eigenvalue weighted by atomic mass is 10.0. The highest BCUT2D eigenvalue weighted by Crippen LogP contribution is 2.29. The molecule has 0 spiro atoms. The van der Waals surface area contributed by atoms with Gasteiger partial charge in [0.05, 0.1) is 0 Å². The van der Waals surface area contributed by atoms with E-state index in [9.17, 15) is 9.59 Å². The number of carbonyl (C=O) groups excluding carboxylic acids is 2. The number of carbonyl (C=O) groups is 2. The maximum absolute atomic E-state index is 12.3. The minimum atomic E-state index is -0.599. The number of benzene rings is 1. The molecule has 1 aromatic rings. The summed E-state index contributed by atoms with van der Waals surface area (Å²) in [4.78, 5) is 26.0. The van der Waals surface area contributed by atoms with Gasteiger partial charge in [-0.25, -0.2) is 4.79 Å². The molecule has 0 aliphatic carbocycles. The van der Waals surface area contributed by atoms with Crippen molar-refractivity contribution in [2.24, 2.45) is 0 Å². The lowest BCUT2D eigenvalue weighted by Gasteiger charge is -2.36. The number of nitrogens with zero attached hydrogens (tertiary/aromatic N) is 1. The number of hydrogen-bond acceptors (Lipinski definition) is 2. The molecule has 1 heterocycles. The first-order chi connectivity index (χ1) is 9.50. The van der Waals surface area contributed by atoms with Gasteiger partial charge in [0, 0.05) is 23.6 Å². The molecule has 0 unspecified atom stereocenters. The smallest absolute Gasteiger partial charge is 0.318 e. The second-order valence-electron chi connectivity index (χ2n) is 5.01. The van der Waals surface area contributed by atoms with Gasteiger partial charge in [-0.15, -0.1) is 0 Å². The van der Waals surface area contributed by atoms with Crippen molar-refractivity contribution in [2.75, 3.05) is 13.1 Å². The third-order valence-electron chi connectivity index (χ3n) is 3.08. The summed E-state index contributed by atoms with van der Waals surface area (Å²) in [7, 11) is 0. The van der Waals surface area contributed by atoms with E-state index < -0.39 is 6.04 Å². The monoisotopic (exact) mass is 339 g/mol. The fourth-order valence-corrected chi connectivity index (χ4v) is 2.72. The summed E-state index contributed by atoms with van der Waals surface area (Å²) in [6.45, 7) is 4.77. The largest absolute Gasteiger partial charge is 0.352 e. The zero-order valence-electron chi connectivity index (χ0n) is 11.5. The molecule has 6 heteroatoms. The molecular weight excluding hydrogens is 322 g/mol. The first-order valence-electron chi connectivity index (χ1n) is 6.60. The zero-order chi connectivity index (χ0) is 14.7. The van der Waals surface area contributed by atoms with Gasteiger partial charge in [-0.1, -0.05) is 34.1 Å². The Labute approximate surface area is 126 Å². The van der Waals surface area contributed by atoms with E-state index in [0.29, 0.717) is 13.1 Å². The molecule has 3 amide bonds. The Morgan fingerprint density at radius 3 is 2.80 bits per heavy atom. The van der Waals surface area contributed by atoms with E-state index in [0.717, 1.165) is 10.0 Å². The SMILES string of the molecule is CC(C)NC(=O)N1CCNC(=O)[C@@H]1c1ccccc1Br. The maximum atomic E-state index is 12.3. The van der Waals surface area contributed by atoms with Crippen LogP contribution in [0.4, 0.5) is 4.79 Å². The van der Waals surface area contributed by atoms with Gasteiger partial charge in [-0.3, -0.25) is 4.79 Å². The van der Waals surface area contributed by atoms with Gasteiger partial charge in [0.2, 0.25) is 5.91 Å². The molecule has 1 aliphatic heterocycles. The van der Waals surface area contributed by atoms with Gasteiger partial charge in [0.1, 0.15) is 6.04 Å². The quantitative estimate of drug-likeness (QED) is 0.866. The number of urea groups is 1. The third-order valence-corrected chi connectivity index (χ3v) is 3.81. The summed E-state index contributed by atoms with van der Waals surface area (Å²) in [5, 5.41) is 5.66. The van der Waals surface area contributed by atoms with Crippen LogP contribution in [0.1, 0.15) is 25.5 Å². The Bertz CT molecular complexity index is 519. The molecule has 1 saturated heterocycles. The fraction of sp³-hybridized carbons (Fsp3) is 0.429. The maximum Gasteiger partial charge on any atom is 0.318 e. The Balaban J connectivity index is 2.32. The predicted molar refractivity (Wildman–Crippen MR) is 80.3 cm³/mol. The Hall–Kier alpha value is -1.56. The minimum absolute atomic E-state index is 0.0346. The lowest BCUT2D eigenvalue weighted by molar-refractivity contribution is -0.127. The van der Waals surface area contributed by atoms with Crippen LogP contribution in [0.25, 0.3) is 0 Å². The standard InChI is InChI=1S/C14H18BrN3O2/c1-9(2)17-14(20)18-8-7-16-13(19)12(18)10-5-3-4-6-11(10)15/h3-6,9,12H,7-8H2,1-2H3,(H,16,19)(H,17,20)/t12-/m0/s1. The molecule has 2 N–H and O–H groups in total. The highest BCUT2D eigenvalue weighted by atomic mass is 79.9. The Morgan fingerprint density at radius 1 is 1.45 bits per heavy atom. The van der Waals surface area contributed by atoms with Crippen molar-refractivity contribution in [1.82, 2.24) is 15.5 Å². The number of nitrogens with one attached hydrogen (secondary N) is 2. The molecule has 5 nitrogen and oxygen atoms in total. The highest BCUT2D eigenvalue weighted by Gasteiger charge is 2.35. The molecular formula is C14H18BrN3O2. The van der Waals surface area contributed by atoms with Gasteiger partial charge >= 0.3 is 6.03 Å². The van der Waals surface area contributed by atoms with Crippen LogP contribution < -0.4 is 10.6 Å². The van der Waals surface area contributed by atoms with Crippen LogP contribution in [-0.4, -0.2) is 36.0 Å². The molecule has 0 bridgehead atoms. The second-order valence-corrected chi connectivity index (χ2v) is 5.87. The van der Waals surface area contributed by atoms with Crippen LogP contribution in [0.2, 0.25) is 0 Å². The molecule has 2 rings (SSSR count). The zero-order valence-corrected chi connectivity index (χ0v) is 13.1. The topological polar surface area (TPSA) is 61.4 Å². The van der Waals surface area contributed by atoms with Gasteiger partial charge in [0.15, 0.2) is 0 Å². The summed E-state index contributed by atoms with van der Waals surface area (Å²) in [5.74, 6) is -0.151. The Kier molecular flexibility index (Phi) is 4.65. The third kappa shape index (κ3) is 3.12. The van der Waals surface area contributed by atoms with Crippen LogP contribution in [0.3, 0.4) is 0 Å². The fourth-order valence-electron chi connectivity index (χ4n) is 2.22. The molecule has 1 atom stereocenters. The van der Waals surface area contributed by atoms with Crippen LogP contribution >= 0.6 is 15.9 Å². The van der Waals surface area contributed by atoms with E-state index in [2.05, 4.69) is 26.6 Å². The van der Waals surface area contributed by atoms with Gasteiger partial charge in [-0.2, -0.15) is 0 Å². The minimum Gasteiger partial charge on any atom is -0.352 e. The van der Waals surface area contributed by atoms with Gasteiger partial charge in [-0.05, 0) is 25.5 Å². The van der Waals surface area contributed by atoms with Gasteiger partial charge in [0.25, 0.3) is 0 Å². The van der Waals surface area contributed by atoms with Crippen molar-refractivity contribution in [2.45, 2.75) is 25.9 Å². The average Bonchev–Trinajstić information content (AvgIpc) is 2.39. The summed E-state index contributed by atoms with van der Waals surface area (Å²) in [5.41, 5.74) is 0.795. The summed E-state index contributed by atoms with van der Waals surface area (Å²) in [6, 6.07) is 6.69. The highest BCUT2D eigenvalue weighted by molar-refractivity contribution is 9.10. The van der Waals surface area contributed by atoms with Crippen molar-refractivity contribution >= 4 is 27.9 Å². The first kappa shape index (κ1) is 14.8. The lowest BCUT2D eigenvalue weighted by Crippen LogP contribution is -2.55. The van der Waals surface area contributed by atoms with Crippen molar-refractivity contribution < 1.29 is 9.59 Å². The number of piperazine rings is 1. The number of amides is 3. The molecule has 0 radical (unpaired) electrons. The van der Waals surface area contributed by atoms with Gasteiger partial charge < -0.3 is 15.5 Å². The van der Waals surface area contributed by atoms with Crippen LogP contribution in [-0.2, 0) is 4.79 Å². The second kappa shape index (κ2) is 6.26. The molecule has 20 heavy (non-hydrogen) atoms. The van der Waals surface area contributed by atoms with E-state index in [1.165, 1.54) is 0 Å². The van der Waals surface area contributed by atoms with E-state index in [4.69, 9.17) is 0 Å². The van der Waals surface area contributed by atoms with E-state index in [1.54, 1.807) is 4.90 Å². The summed E-state index contributed by atoms with van der Waals surface area (Å²) >= 11 is 3.45. The molecule has 1 aromatic carbocycles. The Morgan fingerprint density at radius 2 is 2.15 bits per heavy atom. The molecule has 0 aromatic heterocycles. The van der Waals surface area contributed by atoms with Crippen molar-refractivity contribution in [3.8, 4) is 0 Å². The summed E-state index contributed by atoms with van der Waals surface area (Å²) < 4.78 is 0.824. The number of rotatable bonds is 2. The normalized spacial score (nSPS) is 18.9. The number of hydrogen-bond donors (Lipinski definition) is 2. The van der Waals surface area contributed by atoms with Crippen molar-refractivity contribution in [3.63, 3.8) is 0 Å². The predicted octanol–water partition coefficient (Wildman–Crippen LogP) is 2.04. The van der Waals surface area contributed by atoms with Crippen molar-refractivity contribution in [3.05, 3.63) is 34.3 Å². The molecule has 1 aliphatic rings. The van der Waals surface area contributed by atoms with Crippen LogP contribution in [0.5, 0.6) is 0 Å². The first-order valence-corrected chi connectivity index (χ1v) is 7.39. The van der Waals surface area contributed by atoms with E-state index in [1.807, 2.05) is 38.1 Å². The molecule has 108 valence electrons. The summed E-state index contributed by atoms with van der Waals surface area (Å²) in [6.07, 6.45) is 0. The molecule has 1 fully saturated rings. The van der Waals surface area contributed by atoms with E-state index in [-0.39, 0.29) is 18.0 Å². The average molecular weight is 340 g/mol. The van der Waals surface area contributed by atoms with Crippen LogP contribution in [0.15, 0.2) is 28.7 Å². The van der Waals surface area contributed by atoms with Crippen LogP contribution in [0, 0.1) is 0 Å². The number of halogens is 1.